The van der Waals surface area contributed by atoms with E-state index in [2.05, 4.69) is 15.6 Å². The zero-order valence-electron chi connectivity index (χ0n) is 15.9. The molecule has 1 amide bonds. The Balaban J connectivity index is 0.00000261. The quantitative estimate of drug-likeness (QED) is 0.780. The average Bonchev–Trinajstić information content (AvgIpc) is 3.07. The summed E-state index contributed by atoms with van der Waals surface area (Å²) < 4.78 is 7.11. The fourth-order valence-corrected chi connectivity index (χ4v) is 3.34. The van der Waals surface area contributed by atoms with Crippen molar-refractivity contribution in [2.24, 2.45) is 0 Å². The van der Waals surface area contributed by atoms with Crippen LogP contribution >= 0.6 is 12.4 Å². The Bertz CT molecular complexity index is 716. The van der Waals surface area contributed by atoms with Gasteiger partial charge in [0.05, 0.1) is 18.3 Å². The second-order valence-corrected chi connectivity index (χ2v) is 6.65. The average molecular weight is 394 g/mol. The van der Waals surface area contributed by atoms with Gasteiger partial charge in [0.2, 0.25) is 0 Å². The van der Waals surface area contributed by atoms with Gasteiger partial charge in [-0.3, -0.25) is 4.79 Å². The van der Waals surface area contributed by atoms with Crippen molar-refractivity contribution in [2.45, 2.75) is 32.4 Å². The number of hydrogen-bond acceptors (Lipinski definition) is 5. The first-order chi connectivity index (χ1) is 12.7. The lowest BCUT2D eigenvalue weighted by atomic mass is 10.1. The van der Waals surface area contributed by atoms with Crippen LogP contribution in [0.25, 0.3) is 0 Å². The molecule has 1 fully saturated rings. The minimum atomic E-state index is -0.0939. The Morgan fingerprint density at radius 2 is 2.00 bits per heavy atom. The van der Waals surface area contributed by atoms with Crippen molar-refractivity contribution in [3.63, 3.8) is 0 Å². The number of rotatable bonds is 7. The van der Waals surface area contributed by atoms with E-state index in [4.69, 9.17) is 4.74 Å². The summed E-state index contributed by atoms with van der Waals surface area (Å²) in [6.45, 7) is 5.42. The number of nitrogens with one attached hydrogen (secondary N) is 1. The minimum Gasteiger partial charge on any atom is -0.383 e. The van der Waals surface area contributed by atoms with Crippen LogP contribution in [0.1, 0.15) is 40.6 Å². The van der Waals surface area contributed by atoms with Crippen molar-refractivity contribution < 1.29 is 9.53 Å². The van der Waals surface area contributed by atoms with Crippen molar-refractivity contribution in [1.82, 2.24) is 25.2 Å². The number of methoxy groups -OCH3 is 1. The fraction of sp³-hybridized carbons (Fsp3) is 0.526. The smallest absolute Gasteiger partial charge is 0.276 e. The maximum atomic E-state index is 13.1. The fourth-order valence-electron chi connectivity index (χ4n) is 3.34. The summed E-state index contributed by atoms with van der Waals surface area (Å²) in [7, 11) is 1.64. The SMILES string of the molecule is COCCN(Cc1ccccc1)C(=O)c1nnn(C2CCNCC2)c1C.Cl. The van der Waals surface area contributed by atoms with Gasteiger partial charge in [-0.1, -0.05) is 35.5 Å². The van der Waals surface area contributed by atoms with Gasteiger partial charge in [-0.15, -0.1) is 17.5 Å². The van der Waals surface area contributed by atoms with E-state index in [1.165, 1.54) is 0 Å². The summed E-state index contributed by atoms with van der Waals surface area (Å²) in [6.07, 6.45) is 2.02. The number of amides is 1. The molecule has 3 rings (SSSR count). The van der Waals surface area contributed by atoms with E-state index in [1.54, 1.807) is 12.0 Å². The Morgan fingerprint density at radius 1 is 1.30 bits per heavy atom. The third-order valence-corrected chi connectivity index (χ3v) is 4.85. The van der Waals surface area contributed by atoms with Gasteiger partial charge in [-0.05, 0) is 38.4 Å². The summed E-state index contributed by atoms with van der Waals surface area (Å²) in [5.41, 5.74) is 2.37. The monoisotopic (exact) mass is 393 g/mol. The zero-order valence-corrected chi connectivity index (χ0v) is 16.7. The molecule has 1 aliphatic heterocycles. The van der Waals surface area contributed by atoms with Crippen LogP contribution in [0.4, 0.5) is 0 Å². The molecule has 0 aliphatic carbocycles. The number of nitrogens with zero attached hydrogens (tertiary/aromatic N) is 4. The van der Waals surface area contributed by atoms with Gasteiger partial charge in [0.25, 0.3) is 5.91 Å². The predicted octanol–water partition coefficient (Wildman–Crippen LogP) is 2.22. The van der Waals surface area contributed by atoms with Crippen LogP contribution in [0.5, 0.6) is 0 Å². The Kier molecular flexibility index (Phi) is 8.22. The number of halogens is 1. The van der Waals surface area contributed by atoms with Crippen molar-refractivity contribution in [2.75, 3.05) is 33.4 Å². The summed E-state index contributed by atoms with van der Waals surface area (Å²) >= 11 is 0. The molecule has 7 nitrogen and oxygen atoms in total. The van der Waals surface area contributed by atoms with Gasteiger partial charge in [0, 0.05) is 20.2 Å². The first kappa shape index (κ1) is 21.3. The molecule has 1 saturated heterocycles. The molecule has 27 heavy (non-hydrogen) atoms. The van der Waals surface area contributed by atoms with Gasteiger partial charge >= 0.3 is 0 Å². The number of benzene rings is 1. The molecule has 0 bridgehead atoms. The minimum absolute atomic E-state index is 0. The van der Waals surface area contributed by atoms with Crippen LogP contribution in [0.15, 0.2) is 30.3 Å². The Morgan fingerprint density at radius 3 is 2.67 bits per heavy atom. The van der Waals surface area contributed by atoms with Crippen LogP contribution in [0.2, 0.25) is 0 Å². The van der Waals surface area contributed by atoms with E-state index in [-0.39, 0.29) is 18.3 Å². The molecule has 0 radical (unpaired) electrons. The molecule has 1 aromatic carbocycles. The Labute approximate surface area is 166 Å². The molecular formula is C19H28ClN5O2. The standard InChI is InChI=1S/C19H27N5O2.ClH/c1-15-18(21-22-24(15)17-8-10-20-11-9-17)19(25)23(12-13-26-2)14-16-6-4-3-5-7-16;/h3-7,17,20H,8-14H2,1-2H3;1H. The molecule has 0 unspecified atom stereocenters. The highest BCUT2D eigenvalue weighted by Gasteiger charge is 2.26. The molecule has 1 aromatic heterocycles. The highest BCUT2D eigenvalue weighted by molar-refractivity contribution is 5.93. The third-order valence-electron chi connectivity index (χ3n) is 4.85. The largest absolute Gasteiger partial charge is 0.383 e. The van der Waals surface area contributed by atoms with Crippen molar-refractivity contribution in [3.8, 4) is 0 Å². The van der Waals surface area contributed by atoms with E-state index >= 15 is 0 Å². The highest BCUT2D eigenvalue weighted by atomic mass is 35.5. The lowest BCUT2D eigenvalue weighted by Crippen LogP contribution is -2.34. The van der Waals surface area contributed by atoms with Gasteiger partial charge < -0.3 is 15.0 Å². The lowest BCUT2D eigenvalue weighted by molar-refractivity contribution is 0.0673. The maximum absolute atomic E-state index is 13.1. The first-order valence-corrected chi connectivity index (χ1v) is 9.15. The van der Waals surface area contributed by atoms with Crippen LogP contribution in [-0.4, -0.2) is 59.2 Å². The van der Waals surface area contributed by atoms with Crippen LogP contribution in [0, 0.1) is 6.92 Å². The molecule has 2 heterocycles. The van der Waals surface area contributed by atoms with Crippen molar-refractivity contribution >= 4 is 18.3 Å². The molecule has 0 atom stereocenters. The van der Waals surface area contributed by atoms with Crippen molar-refractivity contribution in [3.05, 3.63) is 47.3 Å². The molecular weight excluding hydrogens is 366 g/mol. The second-order valence-electron chi connectivity index (χ2n) is 6.65. The molecule has 0 spiro atoms. The number of hydrogen-bond donors (Lipinski definition) is 1. The summed E-state index contributed by atoms with van der Waals surface area (Å²) in [4.78, 5) is 14.9. The summed E-state index contributed by atoms with van der Waals surface area (Å²) in [6, 6.07) is 10.3. The third kappa shape index (κ3) is 5.28. The maximum Gasteiger partial charge on any atom is 0.276 e. The number of ether oxygens (including phenoxy) is 1. The van der Waals surface area contributed by atoms with Gasteiger partial charge in [-0.2, -0.15) is 0 Å². The topological polar surface area (TPSA) is 72.3 Å². The van der Waals surface area contributed by atoms with E-state index in [1.807, 2.05) is 41.9 Å². The van der Waals surface area contributed by atoms with E-state index in [0.29, 0.717) is 31.4 Å². The van der Waals surface area contributed by atoms with Crippen LogP contribution < -0.4 is 5.32 Å². The van der Waals surface area contributed by atoms with Crippen LogP contribution in [-0.2, 0) is 11.3 Å². The second kappa shape index (κ2) is 10.4. The van der Waals surface area contributed by atoms with Gasteiger partial charge in [0.1, 0.15) is 0 Å². The molecule has 8 heteroatoms. The predicted molar refractivity (Wildman–Crippen MR) is 106 cm³/mol. The molecule has 0 saturated carbocycles. The molecule has 2 aromatic rings. The van der Waals surface area contributed by atoms with E-state index in [0.717, 1.165) is 37.2 Å². The number of carbonyl (C=O) groups is 1. The highest BCUT2D eigenvalue weighted by Crippen LogP contribution is 2.21. The van der Waals surface area contributed by atoms with Gasteiger partial charge in [-0.25, -0.2) is 4.68 Å². The van der Waals surface area contributed by atoms with Gasteiger partial charge in [0.15, 0.2) is 5.69 Å². The Hall–Kier alpha value is -1.96. The molecule has 1 aliphatic rings. The number of piperidine rings is 1. The summed E-state index contributed by atoms with van der Waals surface area (Å²) in [5, 5.41) is 11.9. The van der Waals surface area contributed by atoms with E-state index in [9.17, 15) is 4.79 Å². The van der Waals surface area contributed by atoms with Crippen LogP contribution in [0.3, 0.4) is 0 Å². The van der Waals surface area contributed by atoms with E-state index < -0.39 is 0 Å². The molecule has 1 N–H and O–H groups in total. The number of carbonyl (C=O) groups excluding carboxylic acids is 1. The number of aromatic nitrogens is 3. The first-order valence-electron chi connectivity index (χ1n) is 9.15. The summed E-state index contributed by atoms with van der Waals surface area (Å²) in [5.74, 6) is -0.0939. The molecule has 148 valence electrons. The zero-order chi connectivity index (χ0) is 18.4. The lowest BCUT2D eigenvalue weighted by Gasteiger charge is -2.24. The van der Waals surface area contributed by atoms with Crippen molar-refractivity contribution in [1.29, 1.82) is 0 Å². The normalized spacial score (nSPS) is 14.6.